The second-order valence-corrected chi connectivity index (χ2v) is 13.1. The van der Waals surface area contributed by atoms with Gasteiger partial charge in [-0.3, -0.25) is 20.1 Å². The molecule has 52 heavy (non-hydrogen) atoms. The number of aromatic nitrogens is 2. The standard InChI is InChI=1S/C33H32ClF6N9O3/c1-30(2,37)17-32(21-8-5-19(6-9-21)25-43-13-4-14-44-25)26(50)48(28(41)46-32)24(16-52-29(51)47-31(11-12-31)33(38,39)40)20-7-10-22(34)23(15-20)49(27(35)36)45-18-42-3/h4-10,13-15,18,24,27H,3,11-12,16-17H2,1-2H3,(H2,41,46)(H,47,51)/b45-18-/t24-,32-/m1/s1. The highest BCUT2D eigenvalue weighted by Gasteiger charge is 2.65. The summed E-state index contributed by atoms with van der Waals surface area (Å²) in [5, 5.41) is 17.0. The van der Waals surface area contributed by atoms with Crippen molar-refractivity contribution < 1.29 is 40.7 Å². The van der Waals surface area contributed by atoms with Crippen LogP contribution in [0.3, 0.4) is 0 Å². The summed E-state index contributed by atoms with van der Waals surface area (Å²) in [5.41, 5.74) is -6.12. The van der Waals surface area contributed by atoms with Crippen LogP contribution in [0.15, 0.2) is 71.0 Å². The van der Waals surface area contributed by atoms with Crippen LogP contribution in [-0.2, 0) is 15.1 Å². The van der Waals surface area contributed by atoms with Gasteiger partial charge in [-0.15, -0.1) is 0 Å². The largest absolute Gasteiger partial charge is 0.447 e. The lowest BCUT2D eigenvalue weighted by molar-refractivity contribution is -0.164. The molecule has 1 aliphatic carbocycles. The van der Waals surface area contributed by atoms with Gasteiger partial charge in [-0.25, -0.2) is 24.2 Å². The summed E-state index contributed by atoms with van der Waals surface area (Å²) >= 11 is 6.26. The fraction of sp³-hybridized carbons (Fsp3) is 0.364. The molecule has 1 saturated carbocycles. The van der Waals surface area contributed by atoms with Gasteiger partial charge in [0.25, 0.3) is 5.91 Å². The van der Waals surface area contributed by atoms with Crippen molar-refractivity contribution in [2.75, 3.05) is 11.6 Å². The highest BCUT2D eigenvalue weighted by atomic mass is 35.5. The zero-order valence-corrected chi connectivity index (χ0v) is 28.4. The Labute approximate surface area is 298 Å². The van der Waals surface area contributed by atoms with Crippen molar-refractivity contribution in [3.63, 3.8) is 0 Å². The summed E-state index contributed by atoms with van der Waals surface area (Å²) in [5.74, 6) is -1.15. The molecule has 2 amide bonds. The molecule has 0 unspecified atom stereocenters. The van der Waals surface area contributed by atoms with Gasteiger partial charge in [-0.1, -0.05) is 41.9 Å². The predicted octanol–water partition coefficient (Wildman–Crippen LogP) is 6.73. The Bertz CT molecular complexity index is 1850. The maximum Gasteiger partial charge on any atom is 0.411 e. The molecule has 0 radical (unpaired) electrons. The Kier molecular flexibility index (Phi) is 10.5. The van der Waals surface area contributed by atoms with E-state index in [9.17, 15) is 31.5 Å². The molecule has 1 aliphatic heterocycles. The molecule has 276 valence electrons. The SMILES string of the molecule is C=N/C=N\N(c1cc([C@@H](COC(=O)NC2(C(F)(F)F)CC2)N2C(=N)N[C@](CC(C)(C)F)(c3ccc(-c4ncccn4)cc3)C2=O)ccc1Cl)C(F)F. The first-order valence-corrected chi connectivity index (χ1v) is 15.9. The molecule has 2 heterocycles. The number of guanidine groups is 1. The lowest BCUT2D eigenvalue weighted by Gasteiger charge is -2.33. The van der Waals surface area contributed by atoms with Gasteiger partial charge in [0.05, 0.1) is 16.8 Å². The quantitative estimate of drug-likeness (QED) is 0.0577. The molecule has 3 N–H and O–H groups in total. The molecule has 12 nitrogen and oxygen atoms in total. The normalized spacial score (nSPS) is 19.1. The third-order valence-corrected chi connectivity index (χ3v) is 8.73. The number of hydrogen-bond acceptors (Lipinski definition) is 8. The molecule has 0 spiro atoms. The zero-order valence-electron chi connectivity index (χ0n) is 27.6. The number of aliphatic imine (C=N–C) groups is 1. The summed E-state index contributed by atoms with van der Waals surface area (Å²) in [7, 11) is 0. The van der Waals surface area contributed by atoms with Crippen molar-refractivity contribution in [3.05, 3.63) is 77.1 Å². The minimum Gasteiger partial charge on any atom is -0.447 e. The van der Waals surface area contributed by atoms with E-state index in [2.05, 4.69) is 32.1 Å². The van der Waals surface area contributed by atoms with Crippen LogP contribution in [0, 0.1) is 5.41 Å². The number of ether oxygens (including phenoxy) is 1. The summed E-state index contributed by atoms with van der Waals surface area (Å²) in [6, 6.07) is 9.86. The van der Waals surface area contributed by atoms with Crippen molar-refractivity contribution in [1.82, 2.24) is 25.5 Å². The van der Waals surface area contributed by atoms with E-state index in [0.29, 0.717) is 11.4 Å². The van der Waals surface area contributed by atoms with Gasteiger partial charge >= 0.3 is 18.8 Å². The monoisotopic (exact) mass is 751 g/mol. The van der Waals surface area contributed by atoms with E-state index in [1.165, 1.54) is 50.5 Å². The van der Waals surface area contributed by atoms with Gasteiger partial charge in [0.15, 0.2) is 11.8 Å². The predicted molar refractivity (Wildman–Crippen MR) is 180 cm³/mol. The Morgan fingerprint density at radius 3 is 2.38 bits per heavy atom. The number of anilines is 1. The number of benzene rings is 2. The number of rotatable bonds is 13. The molecule has 5 rings (SSSR count). The average molecular weight is 752 g/mol. The van der Waals surface area contributed by atoms with Gasteiger partial charge in [-0.2, -0.15) is 27.1 Å². The fourth-order valence-electron chi connectivity index (χ4n) is 5.85. The van der Waals surface area contributed by atoms with E-state index in [-0.39, 0.29) is 34.0 Å². The number of alkyl carbamates (subject to hydrolysis) is 1. The second kappa shape index (κ2) is 14.4. The minimum atomic E-state index is -4.77. The van der Waals surface area contributed by atoms with Gasteiger partial charge in [0, 0.05) is 24.4 Å². The van der Waals surface area contributed by atoms with E-state index < -0.39 is 72.2 Å². The number of nitrogens with zero attached hydrogens (tertiary/aromatic N) is 6. The number of carbonyl (C=O) groups is 2. The molecule has 2 fully saturated rings. The summed E-state index contributed by atoms with van der Waals surface area (Å²) in [6.07, 6.45) is -3.74. The maximum absolute atomic E-state index is 15.6. The third kappa shape index (κ3) is 7.80. The van der Waals surface area contributed by atoms with Crippen LogP contribution < -0.4 is 15.6 Å². The molecular weight excluding hydrogens is 720 g/mol. The number of nitrogens with one attached hydrogen (secondary N) is 3. The molecule has 3 aromatic rings. The fourth-order valence-corrected chi connectivity index (χ4v) is 6.06. The number of halogens is 7. The molecule has 2 aromatic carbocycles. The lowest BCUT2D eigenvalue weighted by atomic mass is 9.80. The topological polar surface area (TPSA) is 148 Å². The molecule has 1 aromatic heterocycles. The number of carbonyl (C=O) groups excluding carboxylic acids is 2. The second-order valence-electron chi connectivity index (χ2n) is 12.7. The lowest BCUT2D eigenvalue weighted by Crippen LogP contribution is -2.49. The number of hydrogen-bond donors (Lipinski definition) is 3. The van der Waals surface area contributed by atoms with Gasteiger partial charge in [0.1, 0.15) is 29.7 Å². The molecular formula is C33H32ClF6N9O3. The summed E-state index contributed by atoms with van der Waals surface area (Å²) in [4.78, 5) is 39.9. The number of alkyl halides is 6. The van der Waals surface area contributed by atoms with Crippen LogP contribution in [0.1, 0.15) is 50.3 Å². The minimum absolute atomic E-state index is 0.0525. The van der Waals surface area contributed by atoms with E-state index in [4.69, 9.17) is 21.7 Å². The Balaban J connectivity index is 1.57. The smallest absolute Gasteiger partial charge is 0.411 e. The van der Waals surface area contributed by atoms with E-state index in [0.717, 1.165) is 17.3 Å². The van der Waals surface area contributed by atoms with Crippen molar-refractivity contribution in [2.45, 2.75) is 68.6 Å². The first-order valence-electron chi connectivity index (χ1n) is 15.6. The van der Waals surface area contributed by atoms with Crippen LogP contribution in [0.25, 0.3) is 11.4 Å². The summed E-state index contributed by atoms with van der Waals surface area (Å²) in [6.45, 7) is 1.47. The first-order chi connectivity index (χ1) is 24.4. The van der Waals surface area contributed by atoms with Crippen LogP contribution in [0.5, 0.6) is 0 Å². The van der Waals surface area contributed by atoms with Crippen molar-refractivity contribution >= 4 is 48.3 Å². The zero-order chi connectivity index (χ0) is 38.1. The van der Waals surface area contributed by atoms with E-state index in [1.807, 2.05) is 5.32 Å². The van der Waals surface area contributed by atoms with Gasteiger partial charge < -0.3 is 15.4 Å². The van der Waals surface area contributed by atoms with E-state index >= 15 is 4.39 Å². The highest BCUT2D eigenvalue weighted by molar-refractivity contribution is 6.33. The Morgan fingerprint density at radius 2 is 1.83 bits per heavy atom. The van der Waals surface area contributed by atoms with E-state index in [1.54, 1.807) is 18.2 Å². The Morgan fingerprint density at radius 1 is 1.17 bits per heavy atom. The van der Waals surface area contributed by atoms with Crippen LogP contribution in [0.2, 0.25) is 5.02 Å². The van der Waals surface area contributed by atoms with Crippen molar-refractivity contribution in [1.29, 1.82) is 5.41 Å². The molecule has 2 aliphatic rings. The van der Waals surface area contributed by atoms with Crippen molar-refractivity contribution in [3.8, 4) is 11.4 Å². The maximum atomic E-state index is 15.6. The summed E-state index contributed by atoms with van der Waals surface area (Å²) < 4.78 is 89.8. The first kappa shape index (κ1) is 38.0. The molecule has 19 heteroatoms. The van der Waals surface area contributed by atoms with Gasteiger partial charge in [0.2, 0.25) is 0 Å². The average Bonchev–Trinajstić information content (AvgIpc) is 3.83. The molecule has 1 saturated heterocycles. The van der Waals surface area contributed by atoms with Crippen LogP contribution in [-0.4, -0.2) is 76.4 Å². The van der Waals surface area contributed by atoms with Crippen LogP contribution in [0.4, 0.5) is 36.8 Å². The van der Waals surface area contributed by atoms with Crippen molar-refractivity contribution in [2.24, 2.45) is 10.1 Å². The van der Waals surface area contributed by atoms with Crippen LogP contribution >= 0.6 is 11.6 Å². The molecule has 0 bridgehead atoms. The Hall–Kier alpha value is -5.26. The van der Waals surface area contributed by atoms with Gasteiger partial charge in [-0.05, 0) is 62.7 Å². The third-order valence-electron chi connectivity index (χ3n) is 8.41. The number of hydrazone groups is 1. The highest BCUT2D eigenvalue weighted by Crippen LogP contribution is 2.49. The molecule has 2 atom stereocenters. The number of amides is 2.